The predicted molar refractivity (Wildman–Crippen MR) is 107 cm³/mol. The normalized spacial score (nSPS) is 11.0. The molecule has 2 rings (SSSR count). The van der Waals surface area contributed by atoms with Crippen LogP contribution >= 0.6 is 11.6 Å². The minimum atomic E-state index is -0.259. The third-order valence-corrected chi connectivity index (χ3v) is 4.17. The summed E-state index contributed by atoms with van der Waals surface area (Å²) in [5.74, 6) is 0.236. The van der Waals surface area contributed by atoms with Crippen molar-refractivity contribution >= 4 is 34.8 Å². The maximum absolute atomic E-state index is 12.1. The smallest absolute Gasteiger partial charge is 0.244 e. The molecule has 0 unspecified atom stereocenters. The highest BCUT2D eigenvalue weighted by Crippen LogP contribution is 2.20. The molecule has 2 aromatic carbocycles. The molecule has 0 aliphatic rings. The van der Waals surface area contributed by atoms with Crippen LogP contribution in [0.2, 0.25) is 5.02 Å². The van der Waals surface area contributed by atoms with Crippen LogP contribution in [-0.2, 0) is 16.0 Å². The molecule has 0 aromatic heterocycles. The van der Waals surface area contributed by atoms with Crippen LogP contribution in [0.5, 0.6) is 5.75 Å². The first kappa shape index (κ1) is 20.5. The molecule has 0 fully saturated rings. The van der Waals surface area contributed by atoms with Crippen molar-refractivity contribution in [2.75, 3.05) is 12.4 Å². The first-order valence-electron chi connectivity index (χ1n) is 8.38. The number of nitrogens with zero attached hydrogens (tertiary/aromatic N) is 1. The number of hydrogen-bond acceptors (Lipinski definition) is 4. The Kier molecular flexibility index (Phi) is 7.37. The Morgan fingerprint density at radius 3 is 2.44 bits per heavy atom. The van der Waals surface area contributed by atoms with E-state index >= 15 is 0 Å². The Hall–Kier alpha value is -2.86. The van der Waals surface area contributed by atoms with Crippen LogP contribution in [0.1, 0.15) is 24.5 Å². The maximum Gasteiger partial charge on any atom is 0.244 e. The summed E-state index contributed by atoms with van der Waals surface area (Å²) in [6.45, 7) is 3.56. The SMILES string of the molecule is COc1ccc(CC(=O)NN=C(C)CC(=O)Nc2ccc(C)c(Cl)c2)cc1. The predicted octanol–water partition coefficient (Wildman–Crippen LogP) is 3.72. The van der Waals surface area contributed by atoms with E-state index < -0.39 is 0 Å². The van der Waals surface area contributed by atoms with Gasteiger partial charge in [0.15, 0.2) is 0 Å². The zero-order valence-electron chi connectivity index (χ0n) is 15.5. The third-order valence-electron chi connectivity index (χ3n) is 3.77. The van der Waals surface area contributed by atoms with Crippen molar-refractivity contribution in [2.24, 2.45) is 5.10 Å². The number of carbonyl (C=O) groups excluding carboxylic acids is 2. The van der Waals surface area contributed by atoms with E-state index in [0.717, 1.165) is 16.9 Å². The molecule has 0 aliphatic heterocycles. The van der Waals surface area contributed by atoms with Crippen LogP contribution in [-0.4, -0.2) is 24.6 Å². The number of methoxy groups -OCH3 is 1. The lowest BCUT2D eigenvalue weighted by Crippen LogP contribution is -2.22. The number of hydrazone groups is 1. The number of benzene rings is 2. The third kappa shape index (κ3) is 6.75. The fourth-order valence-electron chi connectivity index (χ4n) is 2.27. The lowest BCUT2D eigenvalue weighted by molar-refractivity contribution is -0.120. The van der Waals surface area contributed by atoms with Gasteiger partial charge in [0.05, 0.1) is 20.0 Å². The molecular weight excluding hydrogens is 366 g/mol. The standard InChI is InChI=1S/C20H22ClN3O3/c1-13-4-7-16(12-18(13)21)22-19(25)10-14(2)23-24-20(26)11-15-5-8-17(27-3)9-6-15/h4-9,12H,10-11H2,1-3H3,(H,22,25)(H,24,26). The van der Waals surface area contributed by atoms with E-state index in [2.05, 4.69) is 15.8 Å². The van der Waals surface area contributed by atoms with Crippen LogP contribution in [0.25, 0.3) is 0 Å². The molecule has 0 atom stereocenters. The van der Waals surface area contributed by atoms with Gasteiger partial charge in [0.1, 0.15) is 5.75 Å². The number of rotatable bonds is 7. The molecule has 0 spiro atoms. The number of anilines is 1. The van der Waals surface area contributed by atoms with E-state index in [9.17, 15) is 9.59 Å². The van der Waals surface area contributed by atoms with Crippen molar-refractivity contribution in [1.29, 1.82) is 0 Å². The molecule has 0 saturated heterocycles. The average Bonchev–Trinajstić information content (AvgIpc) is 2.63. The van der Waals surface area contributed by atoms with Gasteiger partial charge in [0.25, 0.3) is 0 Å². The van der Waals surface area contributed by atoms with E-state index in [1.807, 2.05) is 25.1 Å². The van der Waals surface area contributed by atoms with Crippen LogP contribution in [0.15, 0.2) is 47.6 Å². The quantitative estimate of drug-likeness (QED) is 0.561. The number of nitrogens with one attached hydrogen (secondary N) is 2. The molecule has 0 bridgehead atoms. The molecular formula is C20H22ClN3O3. The zero-order valence-corrected chi connectivity index (χ0v) is 16.3. The van der Waals surface area contributed by atoms with E-state index in [4.69, 9.17) is 16.3 Å². The lowest BCUT2D eigenvalue weighted by atomic mass is 10.1. The number of amides is 2. The minimum Gasteiger partial charge on any atom is -0.497 e. The van der Waals surface area contributed by atoms with Crippen molar-refractivity contribution in [2.45, 2.75) is 26.7 Å². The summed E-state index contributed by atoms with van der Waals surface area (Å²) in [5.41, 5.74) is 5.35. The molecule has 27 heavy (non-hydrogen) atoms. The monoisotopic (exact) mass is 387 g/mol. The summed E-state index contributed by atoms with van der Waals surface area (Å²) >= 11 is 6.04. The van der Waals surface area contributed by atoms with E-state index in [-0.39, 0.29) is 24.7 Å². The van der Waals surface area contributed by atoms with Gasteiger partial charge in [-0.2, -0.15) is 5.10 Å². The van der Waals surface area contributed by atoms with Gasteiger partial charge in [0, 0.05) is 16.4 Å². The highest BCUT2D eigenvalue weighted by Gasteiger charge is 2.07. The second-order valence-electron chi connectivity index (χ2n) is 6.10. The van der Waals surface area contributed by atoms with Crippen LogP contribution in [0.3, 0.4) is 0 Å². The first-order valence-corrected chi connectivity index (χ1v) is 8.76. The van der Waals surface area contributed by atoms with Gasteiger partial charge in [0.2, 0.25) is 11.8 Å². The molecule has 2 N–H and O–H groups in total. The fourth-order valence-corrected chi connectivity index (χ4v) is 2.45. The Morgan fingerprint density at radius 2 is 1.81 bits per heavy atom. The van der Waals surface area contributed by atoms with Gasteiger partial charge in [-0.15, -0.1) is 0 Å². The van der Waals surface area contributed by atoms with E-state index in [0.29, 0.717) is 16.4 Å². The van der Waals surface area contributed by atoms with E-state index in [1.54, 1.807) is 38.3 Å². The molecule has 7 heteroatoms. The van der Waals surface area contributed by atoms with Gasteiger partial charge in [-0.3, -0.25) is 9.59 Å². The summed E-state index contributed by atoms with van der Waals surface area (Å²) in [4.78, 5) is 24.0. The lowest BCUT2D eigenvalue weighted by Gasteiger charge is -2.07. The molecule has 2 aromatic rings. The van der Waals surface area contributed by atoms with E-state index in [1.165, 1.54) is 0 Å². The summed E-state index contributed by atoms with van der Waals surface area (Å²) in [6.07, 6.45) is 0.253. The van der Waals surface area contributed by atoms with Crippen LogP contribution in [0, 0.1) is 6.92 Å². The van der Waals surface area contributed by atoms with Crippen molar-refractivity contribution in [3.05, 3.63) is 58.6 Å². The van der Waals surface area contributed by atoms with Gasteiger partial charge in [-0.25, -0.2) is 5.43 Å². The second-order valence-corrected chi connectivity index (χ2v) is 6.50. The van der Waals surface area contributed by atoms with Crippen molar-refractivity contribution in [3.63, 3.8) is 0 Å². The van der Waals surface area contributed by atoms with Crippen LogP contribution in [0.4, 0.5) is 5.69 Å². The highest BCUT2D eigenvalue weighted by molar-refractivity contribution is 6.31. The van der Waals surface area contributed by atoms with Gasteiger partial charge in [-0.1, -0.05) is 29.8 Å². The van der Waals surface area contributed by atoms with Gasteiger partial charge in [-0.05, 0) is 49.2 Å². The Morgan fingerprint density at radius 1 is 1.11 bits per heavy atom. The van der Waals surface area contributed by atoms with Crippen LogP contribution < -0.4 is 15.5 Å². The van der Waals surface area contributed by atoms with Gasteiger partial charge < -0.3 is 10.1 Å². The van der Waals surface area contributed by atoms with Crippen molar-refractivity contribution in [3.8, 4) is 5.75 Å². The zero-order chi connectivity index (χ0) is 19.8. The number of hydrogen-bond donors (Lipinski definition) is 2. The number of ether oxygens (including phenoxy) is 1. The maximum atomic E-state index is 12.1. The van der Waals surface area contributed by atoms with Crippen molar-refractivity contribution < 1.29 is 14.3 Å². The number of halogens is 1. The molecule has 142 valence electrons. The molecule has 0 radical (unpaired) electrons. The number of carbonyl (C=O) groups is 2. The molecule has 6 nitrogen and oxygen atoms in total. The molecule has 2 amide bonds. The summed E-state index contributed by atoms with van der Waals surface area (Å²) in [6, 6.07) is 12.5. The molecule has 0 heterocycles. The Balaban J connectivity index is 1.82. The van der Waals surface area contributed by atoms with Crippen molar-refractivity contribution in [1.82, 2.24) is 5.43 Å². The Bertz CT molecular complexity index is 848. The second kappa shape index (κ2) is 9.73. The first-order chi connectivity index (χ1) is 12.9. The largest absolute Gasteiger partial charge is 0.497 e. The average molecular weight is 388 g/mol. The number of aryl methyl sites for hydroxylation is 1. The fraction of sp³-hybridized carbons (Fsp3) is 0.250. The summed E-state index contributed by atoms with van der Waals surface area (Å²) in [5, 5.41) is 7.31. The highest BCUT2D eigenvalue weighted by atomic mass is 35.5. The summed E-state index contributed by atoms with van der Waals surface area (Å²) in [7, 11) is 1.59. The summed E-state index contributed by atoms with van der Waals surface area (Å²) < 4.78 is 5.08. The minimum absolute atomic E-state index is 0.0638. The topological polar surface area (TPSA) is 79.8 Å². The Labute approximate surface area is 163 Å². The van der Waals surface area contributed by atoms with Gasteiger partial charge >= 0.3 is 0 Å². The molecule has 0 saturated carbocycles. The molecule has 0 aliphatic carbocycles.